The minimum Gasteiger partial charge on any atom is -0.497 e. The van der Waals surface area contributed by atoms with Gasteiger partial charge in [0.2, 0.25) is 10.0 Å². The van der Waals surface area contributed by atoms with E-state index in [1.165, 1.54) is 25.1 Å². The van der Waals surface area contributed by atoms with Crippen molar-refractivity contribution in [3.63, 3.8) is 0 Å². The van der Waals surface area contributed by atoms with Gasteiger partial charge in [-0.05, 0) is 30.7 Å². The second-order valence-corrected chi connectivity index (χ2v) is 7.87. The number of ether oxygens (including phenoxy) is 1. The molecule has 2 rings (SSSR count). The number of nitro benzene ring substituents is 1. The lowest BCUT2D eigenvalue weighted by molar-refractivity contribution is -0.385. The van der Waals surface area contributed by atoms with Crippen molar-refractivity contribution in [2.24, 2.45) is 0 Å². The van der Waals surface area contributed by atoms with Gasteiger partial charge < -0.3 is 9.84 Å². The largest absolute Gasteiger partial charge is 0.497 e. The van der Waals surface area contributed by atoms with Crippen LogP contribution in [0.5, 0.6) is 5.75 Å². The van der Waals surface area contributed by atoms with E-state index in [-0.39, 0.29) is 23.5 Å². The molecule has 0 fully saturated rings. The minimum atomic E-state index is -3.99. The monoisotopic (exact) mass is 380 g/mol. The van der Waals surface area contributed by atoms with Crippen LogP contribution in [0.2, 0.25) is 0 Å². The number of aliphatic hydroxyl groups is 1. The molecular weight excluding hydrogens is 360 g/mol. The summed E-state index contributed by atoms with van der Waals surface area (Å²) in [6.45, 7) is 1.26. The number of nitrogens with zero attached hydrogens (tertiary/aromatic N) is 1. The Morgan fingerprint density at radius 3 is 2.46 bits per heavy atom. The molecule has 1 atom stereocenters. The van der Waals surface area contributed by atoms with Crippen LogP contribution in [0.25, 0.3) is 0 Å². The van der Waals surface area contributed by atoms with Crippen LogP contribution in [0.15, 0.2) is 53.4 Å². The second kappa shape index (κ2) is 7.81. The van der Waals surface area contributed by atoms with Crippen LogP contribution in [-0.2, 0) is 16.4 Å². The van der Waals surface area contributed by atoms with Gasteiger partial charge in [0.1, 0.15) is 5.75 Å². The summed E-state index contributed by atoms with van der Waals surface area (Å²) in [5.74, 6) is 0.680. The number of methoxy groups -OCH3 is 1. The quantitative estimate of drug-likeness (QED) is 0.533. The minimum absolute atomic E-state index is 0.217. The predicted molar refractivity (Wildman–Crippen MR) is 95.6 cm³/mol. The van der Waals surface area contributed by atoms with Crippen LogP contribution in [0.4, 0.5) is 5.69 Å². The zero-order valence-electron chi connectivity index (χ0n) is 14.4. The lowest BCUT2D eigenvalue weighted by Gasteiger charge is -2.24. The average molecular weight is 380 g/mol. The maximum atomic E-state index is 12.3. The first-order valence-electron chi connectivity index (χ1n) is 7.72. The van der Waals surface area contributed by atoms with Crippen molar-refractivity contribution in [1.82, 2.24) is 4.72 Å². The summed E-state index contributed by atoms with van der Waals surface area (Å²) in [7, 11) is -2.44. The molecule has 8 nitrogen and oxygen atoms in total. The molecule has 2 aromatic carbocycles. The lowest BCUT2D eigenvalue weighted by Crippen LogP contribution is -2.42. The second-order valence-electron chi connectivity index (χ2n) is 6.10. The molecule has 0 radical (unpaired) electrons. The Balaban J connectivity index is 2.07. The normalized spacial score (nSPS) is 13.8. The van der Waals surface area contributed by atoms with Crippen molar-refractivity contribution >= 4 is 15.7 Å². The highest BCUT2D eigenvalue weighted by atomic mass is 32.2. The Kier molecular flexibility index (Phi) is 5.96. The first-order valence-corrected chi connectivity index (χ1v) is 9.21. The van der Waals surface area contributed by atoms with E-state index in [4.69, 9.17) is 4.74 Å². The third-order valence-electron chi connectivity index (χ3n) is 3.73. The van der Waals surface area contributed by atoms with E-state index in [0.717, 1.165) is 11.6 Å². The maximum Gasteiger partial charge on any atom is 0.270 e. The van der Waals surface area contributed by atoms with Gasteiger partial charge in [0, 0.05) is 25.1 Å². The lowest BCUT2D eigenvalue weighted by atomic mass is 9.97. The molecule has 0 heterocycles. The molecular formula is C17H20N2O6S. The van der Waals surface area contributed by atoms with Crippen LogP contribution >= 0.6 is 0 Å². The van der Waals surface area contributed by atoms with Gasteiger partial charge in [-0.3, -0.25) is 10.1 Å². The zero-order chi connectivity index (χ0) is 19.4. The molecule has 2 N–H and O–H groups in total. The van der Waals surface area contributed by atoms with Crippen LogP contribution in [0.3, 0.4) is 0 Å². The third-order valence-corrected chi connectivity index (χ3v) is 5.12. The summed E-state index contributed by atoms with van der Waals surface area (Å²) in [6.07, 6.45) is 0.217. The van der Waals surface area contributed by atoms with Gasteiger partial charge in [0.25, 0.3) is 5.69 Å². The highest BCUT2D eigenvalue weighted by Gasteiger charge is 2.25. The first kappa shape index (κ1) is 19.8. The van der Waals surface area contributed by atoms with Crippen LogP contribution in [-0.4, -0.2) is 37.7 Å². The Morgan fingerprint density at radius 2 is 1.88 bits per heavy atom. The van der Waals surface area contributed by atoms with E-state index < -0.39 is 20.5 Å². The number of hydrogen-bond donors (Lipinski definition) is 2. The fourth-order valence-electron chi connectivity index (χ4n) is 2.34. The smallest absolute Gasteiger partial charge is 0.270 e. The maximum absolute atomic E-state index is 12.3. The van der Waals surface area contributed by atoms with E-state index >= 15 is 0 Å². The Bertz CT molecular complexity index is 878. The van der Waals surface area contributed by atoms with E-state index in [0.29, 0.717) is 5.75 Å². The summed E-state index contributed by atoms with van der Waals surface area (Å²) in [6, 6.07) is 11.8. The molecule has 0 aliphatic heterocycles. The van der Waals surface area contributed by atoms with E-state index in [1.807, 2.05) is 0 Å². The number of non-ortho nitro benzene ring substituents is 1. The molecule has 0 aliphatic rings. The van der Waals surface area contributed by atoms with Crippen molar-refractivity contribution in [2.45, 2.75) is 23.8 Å². The summed E-state index contributed by atoms with van der Waals surface area (Å²) < 4.78 is 32.0. The number of hydrogen-bond acceptors (Lipinski definition) is 6. The summed E-state index contributed by atoms with van der Waals surface area (Å²) in [5.41, 5.74) is -0.856. The van der Waals surface area contributed by atoms with Gasteiger partial charge >= 0.3 is 0 Å². The predicted octanol–water partition coefficient (Wildman–Crippen LogP) is 1.88. The van der Waals surface area contributed by atoms with Gasteiger partial charge in [-0.1, -0.05) is 18.2 Å². The topological polar surface area (TPSA) is 119 Å². The van der Waals surface area contributed by atoms with E-state index in [2.05, 4.69) is 4.72 Å². The van der Waals surface area contributed by atoms with Crippen molar-refractivity contribution in [2.75, 3.05) is 13.7 Å². The zero-order valence-corrected chi connectivity index (χ0v) is 15.2. The van der Waals surface area contributed by atoms with Gasteiger partial charge in [-0.25, -0.2) is 13.1 Å². The molecule has 0 spiro atoms. The fourth-order valence-corrected chi connectivity index (χ4v) is 3.54. The number of sulfonamides is 1. The highest BCUT2D eigenvalue weighted by molar-refractivity contribution is 7.89. The molecule has 1 unspecified atom stereocenters. The fraction of sp³-hybridized carbons (Fsp3) is 0.294. The number of nitrogens with one attached hydrogen (secondary N) is 1. The third kappa shape index (κ3) is 5.25. The molecule has 2 aromatic rings. The molecule has 9 heteroatoms. The van der Waals surface area contributed by atoms with E-state index in [1.54, 1.807) is 31.4 Å². The van der Waals surface area contributed by atoms with Crippen molar-refractivity contribution in [3.8, 4) is 5.75 Å². The van der Waals surface area contributed by atoms with Crippen LogP contribution < -0.4 is 9.46 Å². The van der Waals surface area contributed by atoms with Crippen LogP contribution in [0, 0.1) is 10.1 Å². The molecule has 140 valence electrons. The molecule has 0 bridgehead atoms. The highest BCUT2D eigenvalue weighted by Crippen LogP contribution is 2.19. The van der Waals surface area contributed by atoms with E-state index in [9.17, 15) is 23.6 Å². The Labute approximate surface area is 151 Å². The van der Waals surface area contributed by atoms with Crippen molar-refractivity contribution in [1.29, 1.82) is 0 Å². The number of benzene rings is 2. The van der Waals surface area contributed by atoms with Crippen LogP contribution in [0.1, 0.15) is 12.5 Å². The first-order chi connectivity index (χ1) is 12.1. The Morgan fingerprint density at radius 1 is 1.23 bits per heavy atom. The summed E-state index contributed by atoms with van der Waals surface area (Å²) in [5, 5.41) is 21.3. The number of rotatable bonds is 8. The molecule has 0 saturated carbocycles. The molecule has 0 saturated heterocycles. The van der Waals surface area contributed by atoms with Gasteiger partial charge in [0.05, 0.1) is 22.5 Å². The SMILES string of the molecule is COc1ccc(CC(C)(O)CNS(=O)(=O)c2cccc([N+](=O)[O-])c2)cc1. The molecule has 0 aromatic heterocycles. The Hall–Kier alpha value is -2.49. The molecule has 0 amide bonds. The summed E-state index contributed by atoms with van der Waals surface area (Å²) in [4.78, 5) is 9.89. The van der Waals surface area contributed by atoms with Gasteiger partial charge in [-0.15, -0.1) is 0 Å². The standard InChI is InChI=1S/C17H20N2O6S/c1-17(20,11-13-6-8-15(25-2)9-7-13)12-18-26(23,24)16-5-3-4-14(10-16)19(21)22/h3-10,18,20H,11-12H2,1-2H3. The van der Waals surface area contributed by atoms with Crippen molar-refractivity contribution in [3.05, 3.63) is 64.2 Å². The van der Waals surface area contributed by atoms with Crippen molar-refractivity contribution < 1.29 is 23.2 Å². The summed E-state index contributed by atoms with van der Waals surface area (Å²) >= 11 is 0. The molecule has 26 heavy (non-hydrogen) atoms. The average Bonchev–Trinajstić information content (AvgIpc) is 2.61. The van der Waals surface area contributed by atoms with Gasteiger partial charge in [0.15, 0.2) is 0 Å². The van der Waals surface area contributed by atoms with Gasteiger partial charge in [-0.2, -0.15) is 0 Å². The molecule has 0 aliphatic carbocycles. The number of nitro groups is 1.